The fourth-order valence-corrected chi connectivity index (χ4v) is 2.48. The summed E-state index contributed by atoms with van der Waals surface area (Å²) in [5, 5.41) is 4.21. The second-order valence-corrected chi connectivity index (χ2v) is 7.25. The minimum Gasteiger partial charge on any atom is -0.485 e. The molecule has 1 aromatic carbocycles. The summed E-state index contributed by atoms with van der Waals surface area (Å²) in [5.41, 5.74) is 1.27. The van der Waals surface area contributed by atoms with Gasteiger partial charge in [-0.2, -0.15) is 5.10 Å². The minimum absolute atomic E-state index is 0.0485. The Morgan fingerprint density at radius 3 is 2.52 bits per heavy atom. The molecule has 1 heterocycles. The third-order valence-electron chi connectivity index (χ3n) is 3.53. The first-order valence-electron chi connectivity index (χ1n) is 8.39. The summed E-state index contributed by atoms with van der Waals surface area (Å²) < 4.78 is 12.6. The molecule has 0 atom stereocenters. The molecule has 0 saturated carbocycles. The van der Waals surface area contributed by atoms with E-state index in [0.29, 0.717) is 19.0 Å². The lowest BCUT2D eigenvalue weighted by Gasteiger charge is -2.21. The van der Waals surface area contributed by atoms with Gasteiger partial charge in [-0.3, -0.25) is 4.79 Å². The quantitative estimate of drug-likeness (QED) is 0.692. The van der Waals surface area contributed by atoms with E-state index in [0.717, 1.165) is 24.2 Å². The Kier molecular flexibility index (Phi) is 6.62. The maximum atomic E-state index is 12.3. The number of rotatable bonds is 7. The lowest BCUT2D eigenvalue weighted by Crippen LogP contribution is -2.36. The Hall–Kier alpha value is -1.85. The third-order valence-corrected chi connectivity index (χ3v) is 3.87. The van der Waals surface area contributed by atoms with Crippen LogP contribution in [0.15, 0.2) is 35.3 Å². The number of benzene rings is 1. The summed E-state index contributed by atoms with van der Waals surface area (Å²) in [7, 11) is 0. The lowest BCUT2D eigenvalue weighted by molar-refractivity contribution is 0.121. The maximum absolute atomic E-state index is 12.3. The molecule has 2 aromatic rings. The zero-order valence-corrected chi connectivity index (χ0v) is 16.0. The molecule has 0 aliphatic carbocycles. The van der Waals surface area contributed by atoms with Crippen LogP contribution < -0.4 is 10.3 Å². The van der Waals surface area contributed by atoms with Crippen molar-refractivity contribution in [3.63, 3.8) is 0 Å². The molecule has 25 heavy (non-hydrogen) atoms. The molecule has 0 aliphatic heterocycles. The zero-order chi connectivity index (χ0) is 18.4. The van der Waals surface area contributed by atoms with Gasteiger partial charge in [-0.25, -0.2) is 4.68 Å². The molecular formula is C19H25ClN2O3. The topological polar surface area (TPSA) is 53.4 Å². The monoisotopic (exact) mass is 364 g/mol. The van der Waals surface area contributed by atoms with E-state index in [4.69, 9.17) is 21.1 Å². The van der Waals surface area contributed by atoms with Crippen molar-refractivity contribution in [2.45, 2.75) is 52.9 Å². The molecule has 0 aliphatic rings. The van der Waals surface area contributed by atoms with Crippen molar-refractivity contribution in [1.29, 1.82) is 0 Å². The van der Waals surface area contributed by atoms with Crippen molar-refractivity contribution >= 4 is 11.6 Å². The number of nitrogens with zero attached hydrogens (tertiary/aromatic N) is 2. The first-order chi connectivity index (χ1) is 11.8. The summed E-state index contributed by atoms with van der Waals surface area (Å²) >= 11 is 6.17. The molecule has 136 valence electrons. The van der Waals surface area contributed by atoms with Crippen molar-refractivity contribution in [2.75, 3.05) is 6.61 Å². The zero-order valence-electron chi connectivity index (χ0n) is 15.2. The van der Waals surface area contributed by atoms with E-state index in [1.165, 1.54) is 10.9 Å². The van der Waals surface area contributed by atoms with Gasteiger partial charge in [-0.15, -0.1) is 0 Å². The highest BCUT2D eigenvalue weighted by Crippen LogP contribution is 2.22. The van der Waals surface area contributed by atoms with Crippen LogP contribution in [0.2, 0.25) is 5.02 Å². The summed E-state index contributed by atoms with van der Waals surface area (Å²) in [5.74, 6) is 0.291. The normalized spacial score (nSPS) is 11.6. The molecule has 0 saturated heterocycles. The number of ether oxygens (including phenoxy) is 2. The highest BCUT2D eigenvalue weighted by Gasteiger charge is 2.19. The molecule has 5 nitrogen and oxygen atoms in total. The minimum atomic E-state index is -0.438. The Bertz CT molecular complexity index is 766. The van der Waals surface area contributed by atoms with Crippen molar-refractivity contribution < 1.29 is 9.47 Å². The summed E-state index contributed by atoms with van der Waals surface area (Å²) in [6.07, 6.45) is 2.48. The number of hydrogen-bond acceptors (Lipinski definition) is 4. The third kappa shape index (κ3) is 5.31. The molecule has 1 aromatic heterocycles. The number of aromatic nitrogens is 2. The molecule has 2 rings (SSSR count). The standard InChI is InChI=1S/C19H25ClN2O3/c1-5-9-24-12-14-7-6-8-15(10-14)13-25-16-11-21-22(19(2,3)4)18(23)17(16)20/h6-8,10-11H,5,9,12-13H2,1-4H3. The SMILES string of the molecule is CCCOCc1cccc(COc2cnn(C(C)(C)C)c(=O)c2Cl)c1. The van der Waals surface area contributed by atoms with Gasteiger partial charge in [0, 0.05) is 6.61 Å². The molecule has 0 unspecified atom stereocenters. The van der Waals surface area contributed by atoms with Gasteiger partial charge in [0.1, 0.15) is 6.61 Å². The van der Waals surface area contributed by atoms with Crippen LogP contribution >= 0.6 is 11.6 Å². The summed E-state index contributed by atoms with van der Waals surface area (Å²) in [6, 6.07) is 7.95. The largest absolute Gasteiger partial charge is 0.485 e. The molecule has 0 radical (unpaired) electrons. The van der Waals surface area contributed by atoms with Gasteiger partial charge in [0.25, 0.3) is 5.56 Å². The predicted octanol–water partition coefficient (Wildman–Crippen LogP) is 4.16. The van der Waals surface area contributed by atoms with Crippen LogP contribution in [0.25, 0.3) is 0 Å². The Labute approximate surface area is 153 Å². The van der Waals surface area contributed by atoms with Crippen LogP contribution in [-0.2, 0) is 23.5 Å². The van der Waals surface area contributed by atoms with Crippen molar-refractivity contribution in [1.82, 2.24) is 9.78 Å². The van der Waals surface area contributed by atoms with Crippen LogP contribution in [0.3, 0.4) is 0 Å². The van der Waals surface area contributed by atoms with E-state index in [-0.39, 0.29) is 10.6 Å². The van der Waals surface area contributed by atoms with Crippen molar-refractivity contribution in [3.8, 4) is 5.75 Å². The lowest BCUT2D eigenvalue weighted by atomic mass is 10.1. The number of halogens is 1. The van der Waals surface area contributed by atoms with Gasteiger partial charge in [-0.1, -0.05) is 42.8 Å². The van der Waals surface area contributed by atoms with Crippen LogP contribution in [0.4, 0.5) is 0 Å². The summed E-state index contributed by atoms with van der Waals surface area (Å²) in [6.45, 7) is 9.38. The van der Waals surface area contributed by atoms with Crippen LogP contribution in [0, 0.1) is 0 Å². The van der Waals surface area contributed by atoms with Gasteiger partial charge >= 0.3 is 0 Å². The predicted molar refractivity (Wildman–Crippen MR) is 99.2 cm³/mol. The molecular weight excluding hydrogens is 340 g/mol. The highest BCUT2D eigenvalue weighted by molar-refractivity contribution is 6.31. The second-order valence-electron chi connectivity index (χ2n) is 6.87. The van der Waals surface area contributed by atoms with Gasteiger partial charge in [0.2, 0.25) is 0 Å². The molecule has 0 N–H and O–H groups in total. The first-order valence-corrected chi connectivity index (χ1v) is 8.77. The van der Waals surface area contributed by atoms with Gasteiger partial charge in [0.05, 0.1) is 18.3 Å². The molecule has 6 heteroatoms. The van der Waals surface area contributed by atoms with E-state index >= 15 is 0 Å². The first kappa shape index (κ1) is 19.5. The van der Waals surface area contributed by atoms with Gasteiger partial charge < -0.3 is 9.47 Å². The van der Waals surface area contributed by atoms with E-state index in [1.54, 1.807) is 0 Å². The molecule has 0 amide bonds. The molecule has 0 spiro atoms. The van der Waals surface area contributed by atoms with Gasteiger partial charge in [0.15, 0.2) is 10.8 Å². The smallest absolute Gasteiger partial charge is 0.289 e. The molecule has 0 fully saturated rings. The Morgan fingerprint density at radius 2 is 1.88 bits per heavy atom. The van der Waals surface area contributed by atoms with Crippen LogP contribution in [0.1, 0.15) is 45.2 Å². The van der Waals surface area contributed by atoms with Crippen molar-refractivity contribution in [3.05, 3.63) is 57.0 Å². The van der Waals surface area contributed by atoms with E-state index in [2.05, 4.69) is 12.0 Å². The van der Waals surface area contributed by atoms with E-state index in [1.807, 2.05) is 45.0 Å². The number of hydrogen-bond donors (Lipinski definition) is 0. The van der Waals surface area contributed by atoms with E-state index in [9.17, 15) is 4.79 Å². The Balaban J connectivity index is 2.08. The second kappa shape index (κ2) is 8.50. The summed E-state index contributed by atoms with van der Waals surface area (Å²) in [4.78, 5) is 12.3. The van der Waals surface area contributed by atoms with E-state index < -0.39 is 5.54 Å². The fraction of sp³-hybridized carbons (Fsp3) is 0.474. The van der Waals surface area contributed by atoms with Crippen molar-refractivity contribution in [2.24, 2.45) is 0 Å². The molecule has 0 bridgehead atoms. The van der Waals surface area contributed by atoms with Crippen LogP contribution in [0.5, 0.6) is 5.75 Å². The fourth-order valence-electron chi connectivity index (χ4n) is 2.30. The Morgan fingerprint density at radius 1 is 1.20 bits per heavy atom. The maximum Gasteiger partial charge on any atom is 0.289 e. The average Bonchev–Trinajstić information content (AvgIpc) is 2.56. The van der Waals surface area contributed by atoms with Crippen LogP contribution in [-0.4, -0.2) is 16.4 Å². The highest BCUT2D eigenvalue weighted by atomic mass is 35.5. The average molecular weight is 365 g/mol. The van der Waals surface area contributed by atoms with Gasteiger partial charge in [-0.05, 0) is 38.3 Å².